The molecule has 0 unspecified atom stereocenters. The lowest BCUT2D eigenvalue weighted by Crippen LogP contribution is -2.15. The van der Waals surface area contributed by atoms with Gasteiger partial charge in [0.25, 0.3) is 0 Å². The Balaban J connectivity index is 2.10. The third-order valence-corrected chi connectivity index (χ3v) is 3.67. The zero-order valence-corrected chi connectivity index (χ0v) is 9.07. The Morgan fingerprint density at radius 3 is 2.47 bits per heavy atom. The molecule has 1 aliphatic rings. The van der Waals surface area contributed by atoms with Crippen LogP contribution in [-0.2, 0) is 0 Å². The van der Waals surface area contributed by atoms with Crippen molar-refractivity contribution in [3.63, 3.8) is 0 Å². The maximum Gasteiger partial charge on any atom is 0.191 e. The number of rotatable bonds is 2. The second-order valence-electron chi connectivity index (χ2n) is 3.65. The van der Waals surface area contributed by atoms with Gasteiger partial charge < -0.3 is 16.6 Å². The van der Waals surface area contributed by atoms with Gasteiger partial charge in [-0.05, 0) is 19.3 Å². The first kappa shape index (κ1) is 10.5. The van der Waals surface area contributed by atoms with E-state index in [0.29, 0.717) is 16.8 Å². The molecule has 1 aromatic heterocycles. The molecule has 2 rings (SSSR count). The number of nitrogen functional groups attached to an aromatic ring is 2. The zero-order valence-electron chi connectivity index (χ0n) is 8.26. The molecule has 2 atom stereocenters. The summed E-state index contributed by atoms with van der Waals surface area (Å²) in [5.74, 6) is 0.745. The molecule has 1 heterocycles. The van der Waals surface area contributed by atoms with Gasteiger partial charge in [-0.3, -0.25) is 0 Å². The number of aliphatic hydroxyl groups excluding tert-OH is 1. The molecule has 0 bridgehead atoms. The van der Waals surface area contributed by atoms with Gasteiger partial charge in [-0.25, -0.2) is 9.97 Å². The van der Waals surface area contributed by atoms with Crippen LogP contribution in [0.5, 0.6) is 0 Å². The van der Waals surface area contributed by atoms with Gasteiger partial charge in [0.15, 0.2) is 5.16 Å². The SMILES string of the molecule is Nc1cc(N)nc(S[C@@H]2CCC[C@H]2O)n1. The Kier molecular flexibility index (Phi) is 2.97. The minimum absolute atomic E-state index is 0.172. The van der Waals surface area contributed by atoms with Crippen molar-refractivity contribution >= 4 is 23.4 Å². The highest BCUT2D eigenvalue weighted by Gasteiger charge is 2.27. The van der Waals surface area contributed by atoms with Crippen LogP contribution < -0.4 is 11.5 Å². The first-order valence-corrected chi connectivity index (χ1v) is 5.78. The maximum atomic E-state index is 9.65. The van der Waals surface area contributed by atoms with E-state index < -0.39 is 0 Å². The molecule has 82 valence electrons. The standard InChI is InChI=1S/C9H14N4OS/c10-7-4-8(11)13-9(12-7)15-6-3-1-2-5(6)14/h4-6,14H,1-3H2,(H4,10,11,12,13)/t5-,6-/m1/s1. The molecule has 6 heteroatoms. The Bertz CT molecular complexity index is 340. The van der Waals surface area contributed by atoms with Crippen LogP contribution in [0.1, 0.15) is 19.3 Å². The third kappa shape index (κ3) is 2.51. The molecule has 1 aliphatic carbocycles. The van der Waals surface area contributed by atoms with Crippen molar-refractivity contribution < 1.29 is 5.11 Å². The number of aromatic nitrogens is 2. The zero-order chi connectivity index (χ0) is 10.8. The largest absolute Gasteiger partial charge is 0.392 e. The van der Waals surface area contributed by atoms with Crippen molar-refractivity contribution in [2.75, 3.05) is 11.5 Å². The molecule has 0 aliphatic heterocycles. The number of anilines is 2. The molecular formula is C9H14N4OS. The highest BCUT2D eigenvalue weighted by Crippen LogP contribution is 2.33. The van der Waals surface area contributed by atoms with Gasteiger partial charge in [0.05, 0.1) is 6.10 Å². The molecule has 1 saturated carbocycles. The fraction of sp³-hybridized carbons (Fsp3) is 0.556. The second-order valence-corrected chi connectivity index (χ2v) is 4.86. The fourth-order valence-corrected chi connectivity index (χ4v) is 2.86. The summed E-state index contributed by atoms with van der Waals surface area (Å²) in [6, 6.07) is 1.52. The molecule has 1 fully saturated rings. The van der Waals surface area contributed by atoms with Crippen LogP contribution in [0, 0.1) is 0 Å². The molecule has 5 nitrogen and oxygen atoms in total. The molecule has 0 radical (unpaired) electrons. The smallest absolute Gasteiger partial charge is 0.191 e. The van der Waals surface area contributed by atoms with Crippen LogP contribution in [0.25, 0.3) is 0 Å². The number of hydrogen-bond donors (Lipinski definition) is 3. The van der Waals surface area contributed by atoms with Gasteiger partial charge in [0, 0.05) is 11.3 Å². The summed E-state index contributed by atoms with van der Waals surface area (Å²) in [7, 11) is 0. The average Bonchev–Trinajstić information content (AvgIpc) is 2.50. The van der Waals surface area contributed by atoms with Gasteiger partial charge in [-0.1, -0.05) is 11.8 Å². The topological polar surface area (TPSA) is 98.1 Å². The Labute approximate surface area is 92.3 Å². The lowest BCUT2D eigenvalue weighted by molar-refractivity contribution is 0.188. The van der Waals surface area contributed by atoms with E-state index in [-0.39, 0.29) is 11.4 Å². The predicted molar refractivity (Wildman–Crippen MR) is 60.4 cm³/mol. The molecule has 1 aromatic rings. The molecular weight excluding hydrogens is 212 g/mol. The van der Waals surface area contributed by atoms with Crippen molar-refractivity contribution in [3.8, 4) is 0 Å². The average molecular weight is 226 g/mol. The summed E-state index contributed by atoms with van der Waals surface area (Å²) >= 11 is 1.46. The van der Waals surface area contributed by atoms with Crippen LogP contribution in [0.15, 0.2) is 11.2 Å². The summed E-state index contributed by atoms with van der Waals surface area (Å²) < 4.78 is 0. The van der Waals surface area contributed by atoms with E-state index in [4.69, 9.17) is 11.5 Å². The number of thioether (sulfide) groups is 1. The summed E-state index contributed by atoms with van der Waals surface area (Å²) in [4.78, 5) is 8.14. The molecule has 0 spiro atoms. The van der Waals surface area contributed by atoms with Gasteiger partial charge in [0.2, 0.25) is 0 Å². The first-order chi connectivity index (χ1) is 7.15. The minimum Gasteiger partial charge on any atom is -0.392 e. The fourth-order valence-electron chi connectivity index (χ4n) is 1.69. The minimum atomic E-state index is -0.263. The first-order valence-electron chi connectivity index (χ1n) is 4.90. The summed E-state index contributed by atoms with van der Waals surface area (Å²) in [6.45, 7) is 0. The van der Waals surface area contributed by atoms with E-state index in [1.54, 1.807) is 0 Å². The van der Waals surface area contributed by atoms with Gasteiger partial charge >= 0.3 is 0 Å². The normalized spacial score (nSPS) is 25.7. The van der Waals surface area contributed by atoms with E-state index in [1.807, 2.05) is 0 Å². The molecule has 0 amide bonds. The van der Waals surface area contributed by atoms with Crippen molar-refractivity contribution in [1.29, 1.82) is 0 Å². The van der Waals surface area contributed by atoms with Crippen molar-refractivity contribution in [1.82, 2.24) is 9.97 Å². The van der Waals surface area contributed by atoms with Crippen LogP contribution in [0.3, 0.4) is 0 Å². The van der Waals surface area contributed by atoms with Crippen molar-refractivity contribution in [2.45, 2.75) is 35.8 Å². The third-order valence-electron chi connectivity index (χ3n) is 2.42. The van der Waals surface area contributed by atoms with E-state index >= 15 is 0 Å². The predicted octanol–water partition coefficient (Wildman–Crippen LogP) is 0.647. The van der Waals surface area contributed by atoms with Gasteiger partial charge in [-0.15, -0.1) is 0 Å². The highest BCUT2D eigenvalue weighted by atomic mass is 32.2. The lowest BCUT2D eigenvalue weighted by atomic mass is 10.3. The molecule has 0 saturated heterocycles. The van der Waals surface area contributed by atoms with Gasteiger partial charge in [-0.2, -0.15) is 0 Å². The van der Waals surface area contributed by atoms with Crippen LogP contribution in [-0.4, -0.2) is 26.4 Å². The number of nitrogens with zero attached hydrogens (tertiary/aromatic N) is 2. The second kappa shape index (κ2) is 4.24. The number of hydrogen-bond acceptors (Lipinski definition) is 6. The summed E-state index contributed by atoms with van der Waals surface area (Å²) in [6.07, 6.45) is 2.64. The van der Waals surface area contributed by atoms with Crippen molar-refractivity contribution in [2.24, 2.45) is 0 Å². The van der Waals surface area contributed by atoms with E-state index in [9.17, 15) is 5.11 Å². The molecule has 15 heavy (non-hydrogen) atoms. The Morgan fingerprint density at radius 1 is 1.27 bits per heavy atom. The highest BCUT2D eigenvalue weighted by molar-refractivity contribution is 7.99. The number of aliphatic hydroxyl groups is 1. The van der Waals surface area contributed by atoms with Crippen molar-refractivity contribution in [3.05, 3.63) is 6.07 Å². The molecule has 5 N–H and O–H groups in total. The van der Waals surface area contributed by atoms with Gasteiger partial charge in [0.1, 0.15) is 11.6 Å². The Hall–Kier alpha value is -1.01. The Morgan fingerprint density at radius 2 is 1.93 bits per heavy atom. The van der Waals surface area contributed by atoms with E-state index in [0.717, 1.165) is 19.3 Å². The monoisotopic (exact) mass is 226 g/mol. The molecule has 0 aromatic carbocycles. The van der Waals surface area contributed by atoms with E-state index in [2.05, 4.69) is 9.97 Å². The van der Waals surface area contributed by atoms with E-state index in [1.165, 1.54) is 17.8 Å². The summed E-state index contributed by atoms with van der Waals surface area (Å²) in [5.41, 5.74) is 11.1. The van der Waals surface area contributed by atoms with Crippen LogP contribution in [0.2, 0.25) is 0 Å². The lowest BCUT2D eigenvalue weighted by Gasteiger charge is -2.12. The summed E-state index contributed by atoms with van der Waals surface area (Å²) in [5, 5.41) is 10.4. The van der Waals surface area contributed by atoms with Crippen LogP contribution in [0.4, 0.5) is 11.6 Å². The quantitative estimate of drug-likeness (QED) is 0.640. The van der Waals surface area contributed by atoms with Crippen LogP contribution >= 0.6 is 11.8 Å². The maximum absolute atomic E-state index is 9.65. The number of nitrogens with two attached hydrogens (primary N) is 2.